The van der Waals surface area contributed by atoms with E-state index in [-0.39, 0.29) is 23.1 Å². The summed E-state index contributed by atoms with van der Waals surface area (Å²) in [6, 6.07) is 9.84. The third-order valence-corrected chi connectivity index (χ3v) is 6.11. The standard InChI is InChI=1S/C21H28N4O4S/c1-15-14-25(10-11-29-15)20-9-4-17(12-22-20)13-23-21(26)24-16(2)18-5-7-19(8-6-18)30(3,27)28/h4-9,12,15-16H,10-11,13-14H2,1-3H3,(H2,23,24,26). The molecule has 30 heavy (non-hydrogen) atoms. The predicted octanol–water partition coefficient (Wildman–Crippen LogP) is 2.27. The summed E-state index contributed by atoms with van der Waals surface area (Å²) < 4.78 is 28.6. The number of carbonyl (C=O) groups excluding carboxylic acids is 1. The first kappa shape index (κ1) is 22.0. The fraction of sp³-hybridized carbons (Fsp3) is 0.429. The van der Waals surface area contributed by atoms with Gasteiger partial charge in [-0.3, -0.25) is 0 Å². The van der Waals surface area contributed by atoms with Crippen LogP contribution in [-0.4, -0.2) is 51.5 Å². The van der Waals surface area contributed by atoms with E-state index in [1.165, 1.54) is 6.26 Å². The van der Waals surface area contributed by atoms with E-state index in [1.807, 2.05) is 26.0 Å². The van der Waals surface area contributed by atoms with E-state index in [1.54, 1.807) is 30.5 Å². The van der Waals surface area contributed by atoms with Crippen molar-refractivity contribution in [3.63, 3.8) is 0 Å². The van der Waals surface area contributed by atoms with Crippen molar-refractivity contribution >= 4 is 21.7 Å². The van der Waals surface area contributed by atoms with Crippen LogP contribution in [0, 0.1) is 0 Å². The van der Waals surface area contributed by atoms with E-state index in [0.717, 1.165) is 30.0 Å². The topological polar surface area (TPSA) is 101 Å². The number of nitrogens with zero attached hydrogens (tertiary/aromatic N) is 2. The number of pyridine rings is 1. The summed E-state index contributed by atoms with van der Waals surface area (Å²) in [5, 5.41) is 5.67. The second kappa shape index (κ2) is 9.44. The number of urea groups is 1. The molecule has 162 valence electrons. The molecule has 2 atom stereocenters. The first-order valence-corrected chi connectivity index (χ1v) is 11.8. The number of carbonyl (C=O) groups is 1. The zero-order chi connectivity index (χ0) is 21.7. The SMILES string of the molecule is CC1CN(c2ccc(CNC(=O)NC(C)c3ccc(S(C)(=O)=O)cc3)cn2)CCO1. The average Bonchev–Trinajstić information content (AvgIpc) is 2.72. The van der Waals surface area contributed by atoms with Crippen LogP contribution in [0.1, 0.15) is 31.0 Å². The molecule has 3 rings (SSSR count). The Morgan fingerprint density at radius 3 is 2.60 bits per heavy atom. The minimum atomic E-state index is -3.24. The van der Waals surface area contributed by atoms with Crippen LogP contribution in [0.15, 0.2) is 47.5 Å². The molecule has 1 aromatic heterocycles. The zero-order valence-electron chi connectivity index (χ0n) is 17.5. The highest BCUT2D eigenvalue weighted by molar-refractivity contribution is 7.90. The molecule has 0 radical (unpaired) electrons. The number of nitrogens with one attached hydrogen (secondary N) is 2. The number of hydrogen-bond acceptors (Lipinski definition) is 6. The fourth-order valence-corrected chi connectivity index (χ4v) is 3.88. The van der Waals surface area contributed by atoms with Crippen LogP contribution in [-0.2, 0) is 21.1 Å². The molecule has 2 aromatic rings. The van der Waals surface area contributed by atoms with Gasteiger partial charge in [0.25, 0.3) is 0 Å². The van der Waals surface area contributed by atoms with Gasteiger partial charge in [0.2, 0.25) is 0 Å². The lowest BCUT2D eigenvalue weighted by Gasteiger charge is -2.32. The van der Waals surface area contributed by atoms with E-state index < -0.39 is 9.84 Å². The van der Waals surface area contributed by atoms with Crippen molar-refractivity contribution < 1.29 is 17.9 Å². The Labute approximate surface area is 177 Å². The molecule has 1 fully saturated rings. The molecule has 0 spiro atoms. The molecule has 1 aliphatic rings. The van der Waals surface area contributed by atoms with Crippen molar-refractivity contribution in [3.05, 3.63) is 53.7 Å². The zero-order valence-corrected chi connectivity index (χ0v) is 18.3. The molecule has 2 heterocycles. The quantitative estimate of drug-likeness (QED) is 0.726. The van der Waals surface area contributed by atoms with Crippen LogP contribution in [0.3, 0.4) is 0 Å². The maximum absolute atomic E-state index is 12.2. The summed E-state index contributed by atoms with van der Waals surface area (Å²) in [5.41, 5.74) is 1.73. The van der Waals surface area contributed by atoms with Gasteiger partial charge in [-0.15, -0.1) is 0 Å². The fourth-order valence-electron chi connectivity index (χ4n) is 3.25. The van der Waals surface area contributed by atoms with Gasteiger partial charge in [-0.2, -0.15) is 0 Å². The Balaban J connectivity index is 1.49. The predicted molar refractivity (Wildman–Crippen MR) is 115 cm³/mol. The van der Waals surface area contributed by atoms with Crippen molar-refractivity contribution in [1.29, 1.82) is 0 Å². The Bertz CT molecular complexity index is 962. The molecular weight excluding hydrogens is 404 g/mol. The maximum Gasteiger partial charge on any atom is 0.315 e. The summed E-state index contributed by atoms with van der Waals surface area (Å²) in [4.78, 5) is 19.2. The lowest BCUT2D eigenvalue weighted by molar-refractivity contribution is 0.0529. The number of benzene rings is 1. The minimum Gasteiger partial charge on any atom is -0.375 e. The highest BCUT2D eigenvalue weighted by Crippen LogP contribution is 2.17. The number of morpholine rings is 1. The highest BCUT2D eigenvalue weighted by atomic mass is 32.2. The maximum atomic E-state index is 12.2. The van der Waals surface area contributed by atoms with Gasteiger partial charge in [-0.25, -0.2) is 18.2 Å². The molecule has 1 aliphatic heterocycles. The number of rotatable bonds is 6. The molecule has 8 nitrogen and oxygen atoms in total. The number of anilines is 1. The normalized spacial score (nSPS) is 18.0. The first-order chi connectivity index (χ1) is 14.2. The number of amides is 2. The van der Waals surface area contributed by atoms with Crippen LogP contribution in [0.25, 0.3) is 0 Å². The van der Waals surface area contributed by atoms with Gasteiger partial charge >= 0.3 is 6.03 Å². The summed E-state index contributed by atoms with van der Waals surface area (Å²) in [5.74, 6) is 0.907. The summed E-state index contributed by atoms with van der Waals surface area (Å²) in [6.07, 6.45) is 3.12. The molecule has 2 N–H and O–H groups in total. The third kappa shape index (κ3) is 5.93. The smallest absolute Gasteiger partial charge is 0.315 e. The molecule has 0 bridgehead atoms. The number of ether oxygens (including phenoxy) is 1. The van der Waals surface area contributed by atoms with Crippen molar-refractivity contribution in [2.24, 2.45) is 0 Å². The second-order valence-electron chi connectivity index (χ2n) is 7.54. The number of aromatic nitrogens is 1. The summed E-state index contributed by atoms with van der Waals surface area (Å²) >= 11 is 0. The highest BCUT2D eigenvalue weighted by Gasteiger charge is 2.18. The molecule has 2 amide bonds. The Hall–Kier alpha value is -2.65. The second-order valence-corrected chi connectivity index (χ2v) is 9.56. The molecular formula is C21H28N4O4S. The third-order valence-electron chi connectivity index (χ3n) is 4.98. The number of sulfone groups is 1. The molecule has 2 unspecified atom stereocenters. The Morgan fingerprint density at radius 1 is 1.27 bits per heavy atom. The largest absolute Gasteiger partial charge is 0.375 e. The lowest BCUT2D eigenvalue weighted by Crippen LogP contribution is -2.41. The van der Waals surface area contributed by atoms with Crippen LogP contribution in [0.5, 0.6) is 0 Å². The van der Waals surface area contributed by atoms with E-state index in [2.05, 4.69) is 20.5 Å². The van der Waals surface area contributed by atoms with Crippen LogP contribution in [0.2, 0.25) is 0 Å². The van der Waals surface area contributed by atoms with Gasteiger partial charge < -0.3 is 20.3 Å². The summed E-state index contributed by atoms with van der Waals surface area (Å²) in [7, 11) is -3.24. The van der Waals surface area contributed by atoms with E-state index in [4.69, 9.17) is 4.74 Å². The summed E-state index contributed by atoms with van der Waals surface area (Å²) in [6.45, 7) is 6.58. The van der Waals surface area contributed by atoms with Crippen LogP contribution >= 0.6 is 0 Å². The van der Waals surface area contributed by atoms with Crippen molar-refractivity contribution in [3.8, 4) is 0 Å². The van der Waals surface area contributed by atoms with Gasteiger partial charge in [0.05, 0.1) is 23.6 Å². The van der Waals surface area contributed by atoms with Gasteiger partial charge in [-0.1, -0.05) is 18.2 Å². The van der Waals surface area contributed by atoms with Gasteiger partial charge in [0, 0.05) is 32.1 Å². The Kier molecular flexibility index (Phi) is 6.94. The molecule has 1 saturated heterocycles. The monoisotopic (exact) mass is 432 g/mol. The molecule has 1 aromatic carbocycles. The van der Waals surface area contributed by atoms with Crippen molar-refractivity contribution in [2.75, 3.05) is 30.9 Å². The Morgan fingerprint density at radius 2 is 2.00 bits per heavy atom. The van der Waals surface area contributed by atoms with E-state index in [9.17, 15) is 13.2 Å². The molecule has 0 saturated carbocycles. The molecule has 9 heteroatoms. The minimum absolute atomic E-state index is 0.190. The first-order valence-electron chi connectivity index (χ1n) is 9.88. The number of hydrogen-bond donors (Lipinski definition) is 2. The van der Waals surface area contributed by atoms with Crippen LogP contribution < -0.4 is 15.5 Å². The lowest BCUT2D eigenvalue weighted by atomic mass is 10.1. The average molecular weight is 433 g/mol. The van der Waals surface area contributed by atoms with Crippen molar-refractivity contribution in [2.45, 2.75) is 37.4 Å². The van der Waals surface area contributed by atoms with Gasteiger partial charge in [0.1, 0.15) is 5.82 Å². The van der Waals surface area contributed by atoms with Crippen molar-refractivity contribution in [1.82, 2.24) is 15.6 Å². The van der Waals surface area contributed by atoms with E-state index >= 15 is 0 Å². The van der Waals surface area contributed by atoms with E-state index in [0.29, 0.717) is 13.2 Å². The van der Waals surface area contributed by atoms with Gasteiger partial charge in [0.15, 0.2) is 9.84 Å². The molecule has 0 aliphatic carbocycles. The van der Waals surface area contributed by atoms with Crippen LogP contribution in [0.4, 0.5) is 10.6 Å². The van der Waals surface area contributed by atoms with Gasteiger partial charge in [-0.05, 0) is 43.2 Å².